The van der Waals surface area contributed by atoms with Crippen LogP contribution in [0.2, 0.25) is 0 Å². The second-order valence-corrected chi connectivity index (χ2v) is 11.5. The van der Waals surface area contributed by atoms with Gasteiger partial charge in [0.25, 0.3) is 11.8 Å². The Balaban J connectivity index is 1.44. The predicted molar refractivity (Wildman–Crippen MR) is 145 cm³/mol. The fourth-order valence-corrected chi connectivity index (χ4v) is 5.60. The SMILES string of the molecule is CS(=O)(=O)N(CC(=O)Nc1ccccc1C(=O)NC1CCCCC1)c1ccc(C(=O)N2CCOCC2)cc1. The minimum absolute atomic E-state index is 0.110. The molecule has 1 aliphatic carbocycles. The van der Waals surface area contributed by atoms with Gasteiger partial charge in [0.05, 0.1) is 36.4 Å². The molecule has 1 saturated heterocycles. The van der Waals surface area contributed by atoms with E-state index in [9.17, 15) is 22.8 Å². The number of nitrogens with one attached hydrogen (secondary N) is 2. The second kappa shape index (κ2) is 12.4. The van der Waals surface area contributed by atoms with Crippen molar-refractivity contribution in [1.82, 2.24) is 10.2 Å². The van der Waals surface area contributed by atoms with Crippen LogP contribution in [0.4, 0.5) is 11.4 Å². The van der Waals surface area contributed by atoms with Crippen LogP contribution in [0.1, 0.15) is 52.8 Å². The van der Waals surface area contributed by atoms with Gasteiger partial charge in [0.1, 0.15) is 6.54 Å². The monoisotopic (exact) mass is 542 g/mol. The Morgan fingerprint density at radius 3 is 2.29 bits per heavy atom. The molecule has 11 heteroatoms. The number of ether oxygens (including phenoxy) is 1. The van der Waals surface area contributed by atoms with Gasteiger partial charge >= 0.3 is 0 Å². The summed E-state index contributed by atoms with van der Waals surface area (Å²) in [6, 6.07) is 12.9. The number of nitrogens with zero attached hydrogens (tertiary/aromatic N) is 2. The molecule has 204 valence electrons. The largest absolute Gasteiger partial charge is 0.378 e. The van der Waals surface area contributed by atoms with Crippen molar-refractivity contribution in [2.24, 2.45) is 0 Å². The lowest BCUT2D eigenvalue weighted by Gasteiger charge is -2.27. The molecule has 2 aromatic rings. The summed E-state index contributed by atoms with van der Waals surface area (Å²) >= 11 is 0. The third-order valence-electron chi connectivity index (χ3n) is 6.77. The summed E-state index contributed by atoms with van der Waals surface area (Å²) in [5.41, 5.74) is 1.31. The van der Waals surface area contributed by atoms with Gasteiger partial charge in [-0.15, -0.1) is 0 Å². The molecule has 1 heterocycles. The van der Waals surface area contributed by atoms with Crippen LogP contribution in [0, 0.1) is 0 Å². The number of anilines is 2. The number of rotatable bonds is 8. The van der Waals surface area contributed by atoms with E-state index in [-0.39, 0.29) is 23.5 Å². The summed E-state index contributed by atoms with van der Waals surface area (Å²) in [7, 11) is -3.82. The number of hydrogen-bond donors (Lipinski definition) is 2. The van der Waals surface area contributed by atoms with Crippen molar-refractivity contribution in [2.75, 3.05) is 48.7 Å². The first-order valence-corrected chi connectivity index (χ1v) is 14.7. The van der Waals surface area contributed by atoms with Gasteiger partial charge in [0.15, 0.2) is 0 Å². The number of sulfonamides is 1. The molecule has 3 amide bonds. The Kier molecular flexibility index (Phi) is 9.01. The molecular formula is C27H34N4O6S. The number of amides is 3. The first-order valence-electron chi connectivity index (χ1n) is 12.9. The first kappa shape index (κ1) is 27.6. The molecule has 38 heavy (non-hydrogen) atoms. The maximum atomic E-state index is 13.0. The van der Waals surface area contributed by atoms with E-state index in [1.165, 1.54) is 18.6 Å². The van der Waals surface area contributed by atoms with Crippen LogP contribution in [-0.4, -0.2) is 76.2 Å². The van der Waals surface area contributed by atoms with Gasteiger partial charge in [-0.1, -0.05) is 31.4 Å². The zero-order valence-corrected chi connectivity index (χ0v) is 22.3. The van der Waals surface area contributed by atoms with Gasteiger partial charge in [-0.3, -0.25) is 18.7 Å². The van der Waals surface area contributed by atoms with Crippen LogP contribution in [0.3, 0.4) is 0 Å². The molecule has 0 unspecified atom stereocenters. The van der Waals surface area contributed by atoms with E-state index >= 15 is 0 Å². The van der Waals surface area contributed by atoms with Crippen LogP contribution in [-0.2, 0) is 19.6 Å². The molecule has 10 nitrogen and oxygen atoms in total. The van der Waals surface area contributed by atoms with Gasteiger partial charge in [-0.05, 0) is 49.2 Å². The number of para-hydroxylation sites is 1. The molecule has 2 aliphatic rings. The summed E-state index contributed by atoms with van der Waals surface area (Å²) in [6.45, 7) is 1.46. The number of morpholine rings is 1. The molecule has 2 aromatic carbocycles. The lowest BCUT2D eigenvalue weighted by Crippen LogP contribution is -2.40. The minimum atomic E-state index is -3.82. The van der Waals surface area contributed by atoms with E-state index in [4.69, 9.17) is 4.74 Å². The number of hydrogen-bond acceptors (Lipinski definition) is 6. The van der Waals surface area contributed by atoms with Crippen LogP contribution in [0.5, 0.6) is 0 Å². The third kappa shape index (κ3) is 7.11. The summed E-state index contributed by atoms with van der Waals surface area (Å²) in [5.74, 6) is -1.03. The molecule has 0 aromatic heterocycles. The highest BCUT2D eigenvalue weighted by molar-refractivity contribution is 7.92. The average Bonchev–Trinajstić information content (AvgIpc) is 2.92. The molecule has 2 fully saturated rings. The summed E-state index contributed by atoms with van der Waals surface area (Å²) in [6.07, 6.45) is 6.20. The van der Waals surface area contributed by atoms with Gasteiger partial charge < -0.3 is 20.3 Å². The summed E-state index contributed by atoms with van der Waals surface area (Å²) in [4.78, 5) is 40.3. The molecule has 0 atom stereocenters. The zero-order chi connectivity index (χ0) is 27.1. The minimum Gasteiger partial charge on any atom is -0.378 e. The Morgan fingerprint density at radius 1 is 0.974 bits per heavy atom. The molecule has 1 saturated carbocycles. The zero-order valence-electron chi connectivity index (χ0n) is 21.5. The standard InChI is InChI=1S/C27H34N4O6S/c1-38(35,36)31(22-13-11-20(12-14-22)27(34)30-15-17-37-18-16-30)19-25(32)29-24-10-6-5-9-23(24)26(33)28-21-7-3-2-4-8-21/h5-6,9-14,21H,2-4,7-8,15-19H2,1H3,(H,28,33)(H,29,32). The smallest absolute Gasteiger partial charge is 0.254 e. The van der Waals surface area contributed by atoms with Crippen molar-refractivity contribution >= 4 is 39.1 Å². The number of benzene rings is 2. The fraction of sp³-hybridized carbons (Fsp3) is 0.444. The number of carbonyl (C=O) groups is 3. The maximum Gasteiger partial charge on any atom is 0.254 e. The maximum absolute atomic E-state index is 13.0. The van der Waals surface area contributed by atoms with E-state index in [1.807, 2.05) is 0 Å². The average molecular weight is 543 g/mol. The molecule has 1 aliphatic heterocycles. The number of carbonyl (C=O) groups excluding carboxylic acids is 3. The second-order valence-electron chi connectivity index (χ2n) is 9.62. The third-order valence-corrected chi connectivity index (χ3v) is 7.91. The molecule has 0 radical (unpaired) electrons. The van der Waals surface area contributed by atoms with Gasteiger partial charge in [-0.2, -0.15) is 0 Å². The Hall–Kier alpha value is -3.44. The van der Waals surface area contributed by atoms with E-state index < -0.39 is 22.5 Å². The van der Waals surface area contributed by atoms with Crippen molar-refractivity contribution in [3.8, 4) is 0 Å². The Bertz CT molecular complexity index is 1250. The quantitative estimate of drug-likeness (QED) is 0.528. The van der Waals surface area contributed by atoms with Crippen molar-refractivity contribution in [1.29, 1.82) is 0 Å². The molecule has 0 bridgehead atoms. The first-order chi connectivity index (χ1) is 18.2. The lowest BCUT2D eigenvalue weighted by atomic mass is 9.95. The van der Waals surface area contributed by atoms with Crippen molar-refractivity contribution in [3.63, 3.8) is 0 Å². The van der Waals surface area contributed by atoms with Crippen LogP contribution < -0.4 is 14.9 Å². The van der Waals surface area contributed by atoms with Crippen LogP contribution in [0.15, 0.2) is 48.5 Å². The Labute approximate surface area is 223 Å². The van der Waals surface area contributed by atoms with Gasteiger partial charge in [0, 0.05) is 24.7 Å². The highest BCUT2D eigenvalue weighted by Crippen LogP contribution is 2.22. The van der Waals surface area contributed by atoms with E-state index in [2.05, 4.69) is 10.6 Å². The van der Waals surface area contributed by atoms with E-state index in [1.54, 1.807) is 41.3 Å². The fourth-order valence-electron chi connectivity index (χ4n) is 4.74. The Morgan fingerprint density at radius 2 is 1.63 bits per heavy atom. The van der Waals surface area contributed by atoms with Gasteiger partial charge in [0.2, 0.25) is 15.9 Å². The lowest BCUT2D eigenvalue weighted by molar-refractivity contribution is -0.114. The topological polar surface area (TPSA) is 125 Å². The summed E-state index contributed by atoms with van der Waals surface area (Å²) in [5, 5.41) is 5.74. The van der Waals surface area contributed by atoms with Gasteiger partial charge in [-0.25, -0.2) is 8.42 Å². The van der Waals surface area contributed by atoms with Crippen molar-refractivity contribution in [3.05, 3.63) is 59.7 Å². The molecular weight excluding hydrogens is 508 g/mol. The van der Waals surface area contributed by atoms with Crippen molar-refractivity contribution < 1.29 is 27.5 Å². The van der Waals surface area contributed by atoms with E-state index in [0.29, 0.717) is 43.1 Å². The summed E-state index contributed by atoms with van der Waals surface area (Å²) < 4.78 is 31.4. The highest BCUT2D eigenvalue weighted by Gasteiger charge is 2.24. The van der Waals surface area contributed by atoms with Crippen molar-refractivity contribution in [2.45, 2.75) is 38.1 Å². The molecule has 4 rings (SSSR count). The highest BCUT2D eigenvalue weighted by atomic mass is 32.2. The van der Waals surface area contributed by atoms with E-state index in [0.717, 1.165) is 36.2 Å². The van der Waals surface area contributed by atoms with Crippen LogP contribution >= 0.6 is 0 Å². The predicted octanol–water partition coefficient (Wildman–Crippen LogP) is 2.63. The normalized spacial score (nSPS) is 16.5. The molecule has 2 N–H and O–H groups in total. The van der Waals surface area contributed by atoms with Crippen LogP contribution in [0.25, 0.3) is 0 Å². The molecule has 0 spiro atoms.